The molecular weight excluding hydrogens is 378 g/mol. The van der Waals surface area contributed by atoms with Gasteiger partial charge in [-0.3, -0.25) is 5.43 Å². The van der Waals surface area contributed by atoms with Crippen LogP contribution in [0.2, 0.25) is 0 Å². The third-order valence-electron chi connectivity index (χ3n) is 4.91. The average Bonchev–Trinajstić information content (AvgIpc) is 3.29. The Morgan fingerprint density at radius 2 is 1.86 bits per heavy atom. The maximum Gasteiger partial charge on any atom is 0.158 e. The second kappa shape index (κ2) is 7.48. The third-order valence-corrected chi connectivity index (χ3v) is 5.95. The summed E-state index contributed by atoms with van der Waals surface area (Å²) in [7, 11) is 0. The van der Waals surface area contributed by atoms with Crippen molar-refractivity contribution in [2.45, 2.75) is 13.3 Å². The van der Waals surface area contributed by atoms with Crippen molar-refractivity contribution in [2.24, 2.45) is 5.10 Å². The van der Waals surface area contributed by atoms with Gasteiger partial charge in [-0.25, -0.2) is 9.97 Å². The van der Waals surface area contributed by atoms with Crippen LogP contribution in [-0.4, -0.2) is 21.2 Å². The molecule has 5 rings (SSSR count). The minimum absolute atomic E-state index is 0.722. The molecule has 0 atom stereocenters. The second-order valence-corrected chi connectivity index (χ2v) is 8.01. The van der Waals surface area contributed by atoms with Gasteiger partial charge < -0.3 is 4.98 Å². The number of anilines is 1. The zero-order chi connectivity index (χ0) is 19.6. The molecule has 0 bridgehead atoms. The van der Waals surface area contributed by atoms with Crippen molar-refractivity contribution in [1.82, 2.24) is 15.0 Å². The van der Waals surface area contributed by atoms with E-state index < -0.39 is 0 Å². The van der Waals surface area contributed by atoms with Crippen LogP contribution in [-0.2, 0) is 6.42 Å². The van der Waals surface area contributed by atoms with Crippen molar-refractivity contribution >= 4 is 44.5 Å². The fourth-order valence-corrected chi connectivity index (χ4v) is 4.53. The Hall–Kier alpha value is -3.51. The SMILES string of the molecule is Cc1[nH]c2ccccc2c1/C=N\Nc1ncnc2sc(Cc3ccccc3)cc12. The number of hydrogen-bond donors (Lipinski definition) is 2. The normalized spacial score (nSPS) is 11.6. The van der Waals surface area contributed by atoms with E-state index in [4.69, 9.17) is 0 Å². The van der Waals surface area contributed by atoms with Crippen LogP contribution in [0.3, 0.4) is 0 Å². The lowest BCUT2D eigenvalue weighted by atomic mass is 10.1. The van der Waals surface area contributed by atoms with Crippen LogP contribution in [0.15, 0.2) is 72.1 Å². The van der Waals surface area contributed by atoms with Crippen LogP contribution in [0, 0.1) is 6.92 Å². The van der Waals surface area contributed by atoms with E-state index in [9.17, 15) is 0 Å². The van der Waals surface area contributed by atoms with Gasteiger partial charge in [0.15, 0.2) is 5.82 Å². The molecule has 0 unspecified atom stereocenters. The first-order valence-electron chi connectivity index (χ1n) is 9.41. The smallest absolute Gasteiger partial charge is 0.158 e. The Balaban J connectivity index is 1.41. The van der Waals surface area contributed by atoms with Gasteiger partial charge in [-0.05, 0) is 24.6 Å². The lowest BCUT2D eigenvalue weighted by Crippen LogP contribution is -1.95. The summed E-state index contributed by atoms with van der Waals surface area (Å²) in [4.78, 5) is 14.4. The van der Waals surface area contributed by atoms with Crippen LogP contribution in [0.5, 0.6) is 0 Å². The molecule has 142 valence electrons. The molecular formula is C23H19N5S. The molecule has 5 aromatic rings. The summed E-state index contributed by atoms with van der Waals surface area (Å²) in [5, 5.41) is 6.61. The number of para-hydroxylation sites is 1. The van der Waals surface area contributed by atoms with Gasteiger partial charge >= 0.3 is 0 Å². The van der Waals surface area contributed by atoms with E-state index in [1.807, 2.05) is 24.4 Å². The number of aromatic nitrogens is 3. The first-order valence-corrected chi connectivity index (χ1v) is 10.2. The molecule has 3 heterocycles. The zero-order valence-electron chi connectivity index (χ0n) is 15.9. The molecule has 0 spiro atoms. The van der Waals surface area contributed by atoms with Crippen LogP contribution in [0.1, 0.15) is 21.7 Å². The standard InChI is InChI=1S/C23H19N5S/c1-15-20(18-9-5-6-10-21(18)27-15)13-26-28-22-19-12-17(29-23(19)25-14-24-22)11-16-7-3-2-4-8-16/h2-10,12-14,27H,11H2,1H3,(H,24,25,28)/b26-13-. The maximum atomic E-state index is 4.46. The molecule has 2 aromatic carbocycles. The Bertz CT molecular complexity index is 1320. The van der Waals surface area contributed by atoms with Gasteiger partial charge in [-0.1, -0.05) is 48.5 Å². The van der Waals surface area contributed by atoms with Crippen LogP contribution in [0.25, 0.3) is 21.1 Å². The third kappa shape index (κ3) is 3.50. The average molecular weight is 398 g/mol. The van der Waals surface area contributed by atoms with E-state index in [2.05, 4.69) is 74.9 Å². The quantitative estimate of drug-likeness (QED) is 0.303. The Morgan fingerprint density at radius 1 is 1.03 bits per heavy atom. The summed E-state index contributed by atoms with van der Waals surface area (Å²) in [5.74, 6) is 0.722. The summed E-state index contributed by atoms with van der Waals surface area (Å²) in [6.45, 7) is 2.05. The van der Waals surface area contributed by atoms with E-state index in [0.717, 1.165) is 44.6 Å². The second-order valence-electron chi connectivity index (χ2n) is 6.90. The number of rotatable bonds is 5. The lowest BCUT2D eigenvalue weighted by molar-refractivity contribution is 1.19. The van der Waals surface area contributed by atoms with Gasteiger partial charge in [0.05, 0.1) is 11.6 Å². The van der Waals surface area contributed by atoms with Crippen LogP contribution < -0.4 is 5.43 Å². The van der Waals surface area contributed by atoms with E-state index in [-0.39, 0.29) is 0 Å². The molecule has 0 aliphatic carbocycles. The molecule has 29 heavy (non-hydrogen) atoms. The van der Waals surface area contributed by atoms with Crippen molar-refractivity contribution in [3.8, 4) is 0 Å². The highest BCUT2D eigenvalue weighted by Crippen LogP contribution is 2.29. The number of thiophene rings is 1. The van der Waals surface area contributed by atoms with E-state index in [1.165, 1.54) is 10.4 Å². The monoisotopic (exact) mass is 397 g/mol. The predicted molar refractivity (Wildman–Crippen MR) is 121 cm³/mol. The highest BCUT2D eigenvalue weighted by atomic mass is 32.1. The van der Waals surface area contributed by atoms with Gasteiger partial charge in [0.2, 0.25) is 0 Å². The van der Waals surface area contributed by atoms with Gasteiger partial charge in [0.1, 0.15) is 11.2 Å². The molecule has 0 saturated carbocycles. The molecule has 5 nitrogen and oxygen atoms in total. The molecule has 2 N–H and O–H groups in total. The Kier molecular flexibility index (Phi) is 4.54. The number of benzene rings is 2. The summed E-state index contributed by atoms with van der Waals surface area (Å²) in [6.07, 6.45) is 4.32. The van der Waals surface area contributed by atoms with Gasteiger partial charge in [-0.2, -0.15) is 5.10 Å². The Labute approximate surface area is 172 Å². The molecule has 0 aliphatic heterocycles. The van der Waals surface area contributed by atoms with Crippen molar-refractivity contribution in [3.63, 3.8) is 0 Å². The maximum absolute atomic E-state index is 4.46. The van der Waals surface area contributed by atoms with Crippen LogP contribution in [0.4, 0.5) is 5.82 Å². The number of fused-ring (bicyclic) bond motifs is 2. The fraction of sp³-hybridized carbons (Fsp3) is 0.0870. The number of nitrogens with zero attached hydrogens (tertiary/aromatic N) is 3. The molecule has 0 radical (unpaired) electrons. The number of H-pyrrole nitrogens is 1. The summed E-state index contributed by atoms with van der Waals surface area (Å²) in [6, 6.07) is 20.8. The van der Waals surface area contributed by atoms with E-state index >= 15 is 0 Å². The molecule has 3 aromatic heterocycles. The largest absolute Gasteiger partial charge is 0.358 e. The number of aryl methyl sites for hydroxylation is 1. The number of hydrogen-bond acceptors (Lipinski definition) is 5. The molecule has 0 fully saturated rings. The van der Waals surface area contributed by atoms with Gasteiger partial charge in [-0.15, -0.1) is 11.3 Å². The molecule has 0 aliphatic rings. The van der Waals surface area contributed by atoms with Crippen LogP contribution >= 0.6 is 11.3 Å². The summed E-state index contributed by atoms with van der Waals surface area (Å²) in [5.41, 5.74) is 7.67. The summed E-state index contributed by atoms with van der Waals surface area (Å²) < 4.78 is 0. The van der Waals surface area contributed by atoms with Crippen molar-refractivity contribution < 1.29 is 0 Å². The van der Waals surface area contributed by atoms with Gasteiger partial charge in [0.25, 0.3) is 0 Å². The molecule has 0 saturated heterocycles. The first-order chi connectivity index (χ1) is 14.3. The Morgan fingerprint density at radius 3 is 2.76 bits per heavy atom. The zero-order valence-corrected chi connectivity index (χ0v) is 16.7. The highest BCUT2D eigenvalue weighted by molar-refractivity contribution is 7.18. The van der Waals surface area contributed by atoms with Crippen molar-refractivity contribution in [2.75, 3.05) is 5.43 Å². The molecule has 6 heteroatoms. The van der Waals surface area contributed by atoms with Crippen molar-refractivity contribution in [3.05, 3.63) is 88.7 Å². The minimum Gasteiger partial charge on any atom is -0.358 e. The fourth-order valence-electron chi connectivity index (χ4n) is 3.50. The molecule has 0 amide bonds. The van der Waals surface area contributed by atoms with Crippen molar-refractivity contribution in [1.29, 1.82) is 0 Å². The predicted octanol–water partition coefficient (Wildman–Crippen LogP) is 5.52. The number of aromatic amines is 1. The topological polar surface area (TPSA) is 66.0 Å². The number of hydrazone groups is 1. The van der Waals surface area contributed by atoms with Gasteiger partial charge in [0, 0.05) is 33.5 Å². The number of nitrogens with one attached hydrogen (secondary N) is 2. The highest BCUT2D eigenvalue weighted by Gasteiger charge is 2.09. The lowest BCUT2D eigenvalue weighted by Gasteiger charge is -2.00. The summed E-state index contributed by atoms with van der Waals surface area (Å²) >= 11 is 1.69. The first kappa shape index (κ1) is 17.6. The van der Waals surface area contributed by atoms with E-state index in [0.29, 0.717) is 0 Å². The van der Waals surface area contributed by atoms with E-state index in [1.54, 1.807) is 17.7 Å². The minimum atomic E-state index is 0.722.